The van der Waals surface area contributed by atoms with Gasteiger partial charge in [0.25, 0.3) is 5.91 Å². The molecule has 0 spiro atoms. The molecule has 1 aromatic carbocycles. The lowest BCUT2D eigenvalue weighted by atomic mass is 10.1. The van der Waals surface area contributed by atoms with Crippen molar-refractivity contribution in [3.8, 4) is 11.5 Å². The molecule has 0 radical (unpaired) electrons. The van der Waals surface area contributed by atoms with Gasteiger partial charge in [0.05, 0.1) is 14.2 Å². The summed E-state index contributed by atoms with van der Waals surface area (Å²) < 4.78 is 10.3. The second-order valence-electron chi connectivity index (χ2n) is 5.72. The van der Waals surface area contributed by atoms with Crippen molar-refractivity contribution < 1.29 is 19.1 Å². The average Bonchev–Trinajstić information content (AvgIpc) is 2.64. The summed E-state index contributed by atoms with van der Waals surface area (Å²) in [5.74, 6) is 0.401. The molecule has 1 aromatic rings. The van der Waals surface area contributed by atoms with Crippen LogP contribution in [0.3, 0.4) is 0 Å². The zero-order valence-electron chi connectivity index (χ0n) is 14.3. The summed E-state index contributed by atoms with van der Waals surface area (Å²) in [6.07, 6.45) is 4.02. The maximum absolute atomic E-state index is 12.1. The van der Waals surface area contributed by atoms with Crippen molar-refractivity contribution in [3.05, 3.63) is 23.8 Å². The smallest absolute Gasteiger partial charge is 0.269 e. The van der Waals surface area contributed by atoms with Crippen LogP contribution in [-0.2, 0) is 4.79 Å². The number of nitrogens with one attached hydrogen (secondary N) is 2. The number of carbonyl (C=O) groups is 2. The molecule has 0 aromatic heterocycles. The quantitative estimate of drug-likeness (QED) is 0.767. The highest BCUT2D eigenvalue weighted by molar-refractivity contribution is 5.96. The highest BCUT2D eigenvalue weighted by Crippen LogP contribution is 2.27. The van der Waals surface area contributed by atoms with Crippen molar-refractivity contribution in [2.45, 2.75) is 25.7 Å². The lowest BCUT2D eigenvalue weighted by Crippen LogP contribution is -2.43. The van der Waals surface area contributed by atoms with Crippen molar-refractivity contribution in [3.63, 3.8) is 0 Å². The standard InChI is InChI=1S/C17H25N3O4/c1-23-14-7-6-13(12-15(14)24-2)17(22)19-18-16(21)8-11-20-9-4-3-5-10-20/h6-7,12H,3-5,8-11H2,1-2H3,(H,18,21)(H,19,22). The monoisotopic (exact) mass is 335 g/mol. The van der Waals surface area contributed by atoms with Gasteiger partial charge in [0, 0.05) is 18.5 Å². The molecule has 0 atom stereocenters. The van der Waals surface area contributed by atoms with Crippen molar-refractivity contribution in [1.82, 2.24) is 15.8 Å². The van der Waals surface area contributed by atoms with Crippen LogP contribution in [0.1, 0.15) is 36.0 Å². The summed E-state index contributed by atoms with van der Waals surface area (Å²) in [5.41, 5.74) is 5.25. The van der Waals surface area contributed by atoms with Crippen molar-refractivity contribution >= 4 is 11.8 Å². The molecule has 24 heavy (non-hydrogen) atoms. The van der Waals surface area contributed by atoms with Gasteiger partial charge in [-0.1, -0.05) is 6.42 Å². The van der Waals surface area contributed by atoms with Gasteiger partial charge in [-0.15, -0.1) is 0 Å². The van der Waals surface area contributed by atoms with E-state index in [0.29, 0.717) is 23.5 Å². The largest absolute Gasteiger partial charge is 0.493 e. The fourth-order valence-corrected chi connectivity index (χ4v) is 2.68. The molecule has 1 aliphatic rings. The molecule has 132 valence electrons. The number of carbonyl (C=O) groups excluding carboxylic acids is 2. The first kappa shape index (κ1) is 18.1. The zero-order chi connectivity index (χ0) is 17.4. The number of hydrogen-bond acceptors (Lipinski definition) is 5. The molecule has 2 N–H and O–H groups in total. The van der Waals surface area contributed by atoms with E-state index in [0.717, 1.165) is 19.6 Å². The van der Waals surface area contributed by atoms with E-state index in [1.165, 1.54) is 33.5 Å². The highest BCUT2D eigenvalue weighted by Gasteiger charge is 2.13. The van der Waals surface area contributed by atoms with Gasteiger partial charge in [-0.25, -0.2) is 0 Å². The van der Waals surface area contributed by atoms with E-state index in [-0.39, 0.29) is 5.91 Å². The Labute approximate surface area is 142 Å². The SMILES string of the molecule is COc1ccc(C(=O)NNC(=O)CCN2CCCCC2)cc1OC. The summed E-state index contributed by atoms with van der Waals surface area (Å²) >= 11 is 0. The third-order valence-electron chi connectivity index (χ3n) is 4.06. The molecule has 1 aliphatic heterocycles. The van der Waals surface area contributed by atoms with Crippen LogP contribution in [0, 0.1) is 0 Å². The van der Waals surface area contributed by atoms with Gasteiger partial charge >= 0.3 is 0 Å². The second-order valence-corrected chi connectivity index (χ2v) is 5.72. The molecule has 0 bridgehead atoms. The molecule has 1 saturated heterocycles. The number of methoxy groups -OCH3 is 2. The predicted molar refractivity (Wildman–Crippen MR) is 90.1 cm³/mol. The molecule has 2 amide bonds. The van der Waals surface area contributed by atoms with Crippen LogP contribution in [-0.4, -0.2) is 50.6 Å². The Kier molecular flexibility index (Phi) is 6.87. The van der Waals surface area contributed by atoms with Gasteiger partial charge in [-0.05, 0) is 44.1 Å². The minimum atomic E-state index is -0.401. The number of piperidine rings is 1. The molecule has 0 unspecified atom stereocenters. The molecule has 0 saturated carbocycles. The van der Waals surface area contributed by atoms with E-state index < -0.39 is 5.91 Å². The Hall–Kier alpha value is -2.28. The molecule has 2 rings (SSSR count). The summed E-state index contributed by atoms with van der Waals surface area (Å²) in [5, 5.41) is 0. The van der Waals surface area contributed by atoms with E-state index in [1.807, 2.05) is 0 Å². The lowest BCUT2D eigenvalue weighted by molar-refractivity contribution is -0.122. The fraction of sp³-hybridized carbons (Fsp3) is 0.529. The molecule has 7 heteroatoms. The van der Waals surface area contributed by atoms with E-state index in [9.17, 15) is 9.59 Å². The fourth-order valence-electron chi connectivity index (χ4n) is 2.68. The van der Waals surface area contributed by atoms with E-state index in [4.69, 9.17) is 9.47 Å². The third-order valence-corrected chi connectivity index (χ3v) is 4.06. The minimum Gasteiger partial charge on any atom is -0.493 e. The Morgan fingerprint density at radius 1 is 1.04 bits per heavy atom. The van der Waals surface area contributed by atoms with Gasteiger partial charge in [-0.2, -0.15) is 0 Å². The maximum atomic E-state index is 12.1. The van der Waals surface area contributed by atoms with Crippen LogP contribution in [0.15, 0.2) is 18.2 Å². The van der Waals surface area contributed by atoms with Gasteiger partial charge in [0.1, 0.15) is 0 Å². The Bertz CT molecular complexity index is 571. The first-order valence-electron chi connectivity index (χ1n) is 8.17. The molecular weight excluding hydrogens is 310 g/mol. The van der Waals surface area contributed by atoms with Crippen LogP contribution in [0.5, 0.6) is 11.5 Å². The van der Waals surface area contributed by atoms with Gasteiger partial charge in [0.2, 0.25) is 5.91 Å². The first-order valence-corrected chi connectivity index (χ1v) is 8.17. The first-order chi connectivity index (χ1) is 11.6. The maximum Gasteiger partial charge on any atom is 0.269 e. The second kappa shape index (κ2) is 9.12. The number of hydrazine groups is 1. The molecular formula is C17H25N3O4. The Balaban J connectivity index is 1.78. The van der Waals surface area contributed by atoms with Gasteiger partial charge in [-0.3, -0.25) is 20.4 Å². The summed E-state index contributed by atoms with van der Waals surface area (Å²) in [6.45, 7) is 2.81. The number of hydrogen-bond donors (Lipinski definition) is 2. The highest BCUT2D eigenvalue weighted by atomic mass is 16.5. The lowest BCUT2D eigenvalue weighted by Gasteiger charge is -2.25. The Morgan fingerprint density at radius 3 is 2.42 bits per heavy atom. The molecule has 7 nitrogen and oxygen atoms in total. The van der Waals surface area contributed by atoms with Crippen molar-refractivity contribution in [1.29, 1.82) is 0 Å². The van der Waals surface area contributed by atoms with E-state index >= 15 is 0 Å². The number of benzene rings is 1. The normalized spacial score (nSPS) is 14.8. The topological polar surface area (TPSA) is 79.9 Å². The van der Waals surface area contributed by atoms with Crippen LogP contribution in [0.4, 0.5) is 0 Å². The van der Waals surface area contributed by atoms with Gasteiger partial charge in [0.15, 0.2) is 11.5 Å². The van der Waals surface area contributed by atoms with Crippen LogP contribution in [0.2, 0.25) is 0 Å². The number of rotatable bonds is 6. The minimum absolute atomic E-state index is 0.200. The number of amides is 2. The zero-order valence-corrected chi connectivity index (χ0v) is 14.3. The molecule has 0 aliphatic carbocycles. The van der Waals surface area contributed by atoms with Crippen molar-refractivity contribution in [2.24, 2.45) is 0 Å². The van der Waals surface area contributed by atoms with E-state index in [2.05, 4.69) is 15.8 Å². The van der Waals surface area contributed by atoms with Crippen LogP contribution < -0.4 is 20.3 Å². The number of ether oxygens (including phenoxy) is 2. The third kappa shape index (κ3) is 5.13. The molecule has 1 fully saturated rings. The van der Waals surface area contributed by atoms with E-state index in [1.54, 1.807) is 18.2 Å². The number of likely N-dealkylation sites (tertiary alicyclic amines) is 1. The van der Waals surface area contributed by atoms with Crippen molar-refractivity contribution in [2.75, 3.05) is 33.9 Å². The summed E-state index contributed by atoms with van der Waals surface area (Å²) in [7, 11) is 3.03. The number of nitrogens with zero attached hydrogens (tertiary/aromatic N) is 1. The van der Waals surface area contributed by atoms with Gasteiger partial charge < -0.3 is 14.4 Å². The van der Waals surface area contributed by atoms with Crippen LogP contribution in [0.25, 0.3) is 0 Å². The summed E-state index contributed by atoms with van der Waals surface area (Å²) in [4.78, 5) is 26.2. The molecule has 1 heterocycles. The average molecular weight is 335 g/mol. The predicted octanol–water partition coefficient (Wildman–Crippen LogP) is 1.34. The summed E-state index contributed by atoms with van der Waals surface area (Å²) in [6, 6.07) is 4.82. The van der Waals surface area contributed by atoms with Crippen LogP contribution >= 0.6 is 0 Å². The Morgan fingerprint density at radius 2 is 1.75 bits per heavy atom.